The van der Waals surface area contributed by atoms with Crippen LogP contribution in [0.5, 0.6) is 0 Å². The molecule has 0 radical (unpaired) electrons. The molecule has 10 nitrogen and oxygen atoms in total. The molecular formula is C21H21N5O5. The van der Waals surface area contributed by atoms with Gasteiger partial charge in [0.15, 0.2) is 5.69 Å². The van der Waals surface area contributed by atoms with Gasteiger partial charge in [0.05, 0.1) is 10.3 Å². The van der Waals surface area contributed by atoms with E-state index in [9.17, 15) is 24.5 Å². The summed E-state index contributed by atoms with van der Waals surface area (Å²) in [5.74, 6) is -1.43. The van der Waals surface area contributed by atoms with Gasteiger partial charge in [-0.05, 0) is 18.6 Å². The summed E-state index contributed by atoms with van der Waals surface area (Å²) in [6.07, 6.45) is 2.63. The van der Waals surface area contributed by atoms with E-state index < -0.39 is 16.7 Å². The first-order valence-corrected chi connectivity index (χ1v) is 9.77. The van der Waals surface area contributed by atoms with Crippen molar-refractivity contribution in [1.29, 1.82) is 0 Å². The Morgan fingerprint density at radius 3 is 2.45 bits per heavy atom. The molecule has 3 rings (SSSR count). The lowest BCUT2D eigenvalue weighted by molar-refractivity contribution is -0.384. The van der Waals surface area contributed by atoms with Crippen LogP contribution in [0.25, 0.3) is 10.8 Å². The van der Waals surface area contributed by atoms with E-state index in [2.05, 4.69) is 16.0 Å². The van der Waals surface area contributed by atoms with Crippen molar-refractivity contribution in [2.75, 3.05) is 0 Å². The minimum atomic E-state index is -0.724. The van der Waals surface area contributed by atoms with Gasteiger partial charge in [-0.25, -0.2) is 4.68 Å². The number of nitrogens with one attached hydrogen (secondary N) is 2. The second kappa shape index (κ2) is 9.61. The number of rotatable bonds is 7. The normalized spacial score (nSPS) is 10.6. The monoisotopic (exact) mass is 423 g/mol. The zero-order valence-electron chi connectivity index (χ0n) is 16.8. The second-order valence-corrected chi connectivity index (χ2v) is 6.85. The van der Waals surface area contributed by atoms with Crippen molar-refractivity contribution < 1.29 is 14.5 Å². The number of aryl methyl sites for hydroxylation is 1. The van der Waals surface area contributed by atoms with Gasteiger partial charge < -0.3 is 0 Å². The van der Waals surface area contributed by atoms with Crippen LogP contribution < -0.4 is 16.4 Å². The number of nitro groups is 1. The van der Waals surface area contributed by atoms with Crippen molar-refractivity contribution in [2.24, 2.45) is 0 Å². The lowest BCUT2D eigenvalue weighted by atomic mass is 10.1. The zero-order chi connectivity index (χ0) is 22.4. The molecule has 0 aliphatic carbocycles. The van der Waals surface area contributed by atoms with E-state index in [4.69, 9.17) is 0 Å². The molecule has 0 aliphatic heterocycles. The summed E-state index contributed by atoms with van der Waals surface area (Å²) in [5.41, 5.74) is 3.96. The van der Waals surface area contributed by atoms with E-state index in [1.165, 1.54) is 22.9 Å². The van der Waals surface area contributed by atoms with E-state index in [-0.39, 0.29) is 22.5 Å². The number of hydrogen-bond acceptors (Lipinski definition) is 6. The molecule has 0 unspecified atom stereocenters. The molecule has 2 amide bonds. The minimum Gasteiger partial charge on any atom is -0.267 e. The van der Waals surface area contributed by atoms with E-state index in [1.807, 2.05) is 6.92 Å². The van der Waals surface area contributed by atoms with Gasteiger partial charge in [-0.15, -0.1) is 0 Å². The van der Waals surface area contributed by atoms with Crippen LogP contribution in [0.2, 0.25) is 0 Å². The van der Waals surface area contributed by atoms with Gasteiger partial charge in [0.1, 0.15) is 0 Å². The molecule has 0 spiro atoms. The summed E-state index contributed by atoms with van der Waals surface area (Å²) >= 11 is 0. The van der Waals surface area contributed by atoms with E-state index in [0.717, 1.165) is 25.3 Å². The van der Waals surface area contributed by atoms with Crippen molar-refractivity contribution in [2.45, 2.75) is 32.7 Å². The van der Waals surface area contributed by atoms with Crippen LogP contribution in [0, 0.1) is 10.1 Å². The van der Waals surface area contributed by atoms with Gasteiger partial charge in [0.25, 0.3) is 23.1 Å². The number of carbonyl (C=O) groups excluding carboxylic acids is 2. The molecule has 31 heavy (non-hydrogen) atoms. The maximum Gasteiger partial charge on any atom is 0.290 e. The largest absolute Gasteiger partial charge is 0.290 e. The Bertz CT molecular complexity index is 1200. The number of nitrogens with zero attached hydrogens (tertiary/aromatic N) is 3. The average Bonchev–Trinajstić information content (AvgIpc) is 2.79. The first-order valence-electron chi connectivity index (χ1n) is 9.77. The summed E-state index contributed by atoms with van der Waals surface area (Å²) in [6.45, 7) is 2.41. The van der Waals surface area contributed by atoms with Crippen molar-refractivity contribution >= 4 is 28.3 Å². The fourth-order valence-electron chi connectivity index (χ4n) is 3.07. The van der Waals surface area contributed by atoms with Crippen molar-refractivity contribution in [3.63, 3.8) is 0 Å². The van der Waals surface area contributed by atoms with Crippen molar-refractivity contribution in [3.05, 3.63) is 80.3 Å². The molecule has 160 valence electrons. The number of carbonyl (C=O) groups is 2. The number of fused-ring (bicyclic) bond motifs is 1. The maximum atomic E-state index is 12.8. The van der Waals surface area contributed by atoms with E-state index in [0.29, 0.717) is 17.3 Å². The Labute approximate surface area is 177 Å². The number of hydrazine groups is 1. The number of unbranched alkanes of at least 4 members (excludes halogenated alkanes) is 2. The van der Waals surface area contributed by atoms with Gasteiger partial charge in [0, 0.05) is 29.6 Å². The summed E-state index contributed by atoms with van der Waals surface area (Å²) < 4.78 is 1.26. The number of non-ortho nitro benzene ring substituents is 1. The second-order valence-electron chi connectivity index (χ2n) is 6.85. The molecule has 2 N–H and O–H groups in total. The van der Waals surface area contributed by atoms with Crippen LogP contribution in [0.15, 0.2) is 53.3 Å². The third kappa shape index (κ3) is 4.92. The van der Waals surface area contributed by atoms with Crippen LogP contribution in [-0.4, -0.2) is 26.5 Å². The van der Waals surface area contributed by atoms with E-state index in [1.54, 1.807) is 24.3 Å². The minimum absolute atomic E-state index is 0.00830. The lowest BCUT2D eigenvalue weighted by Crippen LogP contribution is -2.42. The highest BCUT2D eigenvalue weighted by Crippen LogP contribution is 2.14. The third-order valence-electron chi connectivity index (χ3n) is 4.67. The summed E-state index contributed by atoms with van der Waals surface area (Å²) in [6, 6.07) is 11.7. The van der Waals surface area contributed by atoms with E-state index >= 15 is 0 Å². The molecule has 2 aromatic carbocycles. The van der Waals surface area contributed by atoms with Gasteiger partial charge in [-0.1, -0.05) is 44.0 Å². The summed E-state index contributed by atoms with van der Waals surface area (Å²) in [4.78, 5) is 48.0. The molecule has 0 bridgehead atoms. The molecule has 10 heteroatoms. The van der Waals surface area contributed by atoms with Crippen LogP contribution >= 0.6 is 0 Å². The molecule has 0 fully saturated rings. The number of benzene rings is 2. The van der Waals surface area contributed by atoms with Crippen LogP contribution in [0.1, 0.15) is 47.0 Å². The van der Waals surface area contributed by atoms with Crippen LogP contribution in [-0.2, 0) is 6.54 Å². The van der Waals surface area contributed by atoms with Gasteiger partial charge in [-0.2, -0.15) is 5.10 Å². The fraction of sp³-hybridized carbons (Fsp3) is 0.238. The average molecular weight is 423 g/mol. The smallest absolute Gasteiger partial charge is 0.267 e. The Morgan fingerprint density at radius 2 is 1.74 bits per heavy atom. The topological polar surface area (TPSA) is 136 Å². The molecule has 0 saturated carbocycles. The van der Waals surface area contributed by atoms with Gasteiger partial charge >= 0.3 is 0 Å². The number of aromatic nitrogens is 2. The van der Waals surface area contributed by atoms with Gasteiger partial charge in [0.2, 0.25) is 0 Å². The first-order chi connectivity index (χ1) is 14.9. The maximum absolute atomic E-state index is 12.8. The Morgan fingerprint density at radius 1 is 1.03 bits per heavy atom. The standard InChI is InChI=1S/C21H21N5O5/c1-2-3-6-12-25-21(29)17-11-5-4-10-16(17)18(24-25)20(28)23-22-19(27)14-8-7-9-15(13-14)26(30)31/h4-5,7-11,13H,2-3,6,12H2,1H3,(H,22,27)(H,23,28). The van der Waals surface area contributed by atoms with Crippen LogP contribution in [0.3, 0.4) is 0 Å². The zero-order valence-corrected chi connectivity index (χ0v) is 16.8. The molecule has 0 aliphatic rings. The van der Waals surface area contributed by atoms with Crippen LogP contribution in [0.4, 0.5) is 5.69 Å². The lowest BCUT2D eigenvalue weighted by Gasteiger charge is -2.12. The molecule has 0 atom stereocenters. The molecular weight excluding hydrogens is 402 g/mol. The van der Waals surface area contributed by atoms with Crippen molar-refractivity contribution in [1.82, 2.24) is 20.6 Å². The highest BCUT2D eigenvalue weighted by atomic mass is 16.6. The van der Waals surface area contributed by atoms with Crippen molar-refractivity contribution in [3.8, 4) is 0 Å². The predicted octanol–water partition coefficient (Wildman–Crippen LogP) is 2.57. The predicted molar refractivity (Wildman–Crippen MR) is 114 cm³/mol. The van der Waals surface area contributed by atoms with Gasteiger partial charge in [-0.3, -0.25) is 35.3 Å². The number of amides is 2. The first kappa shape index (κ1) is 21.6. The molecule has 1 aromatic heterocycles. The highest BCUT2D eigenvalue weighted by Gasteiger charge is 2.18. The molecule has 3 aromatic rings. The third-order valence-corrected chi connectivity index (χ3v) is 4.67. The summed E-state index contributed by atoms with van der Waals surface area (Å²) in [5, 5.41) is 15.8. The number of hydrogen-bond donors (Lipinski definition) is 2. The Hall–Kier alpha value is -4.08. The number of nitro benzene ring substituents is 1. The SMILES string of the molecule is CCCCCn1nc(C(=O)NNC(=O)c2cccc([N+](=O)[O-])c2)c2ccccc2c1=O. The Balaban J connectivity index is 1.84. The summed E-state index contributed by atoms with van der Waals surface area (Å²) in [7, 11) is 0. The fourth-order valence-corrected chi connectivity index (χ4v) is 3.07. The highest BCUT2D eigenvalue weighted by molar-refractivity contribution is 6.06. The molecule has 1 heterocycles. The molecule has 0 saturated heterocycles. The quantitative estimate of drug-likeness (QED) is 0.340. The Kier molecular flexibility index (Phi) is 6.71.